The van der Waals surface area contributed by atoms with Crippen molar-refractivity contribution < 1.29 is 4.74 Å². The summed E-state index contributed by atoms with van der Waals surface area (Å²) in [6.45, 7) is 9.92. The van der Waals surface area contributed by atoms with Crippen LogP contribution in [-0.4, -0.2) is 34.5 Å². The molecule has 3 aromatic heterocycles. The van der Waals surface area contributed by atoms with Crippen molar-refractivity contribution in [3.63, 3.8) is 0 Å². The van der Waals surface area contributed by atoms with Crippen molar-refractivity contribution in [2.24, 2.45) is 5.10 Å². The number of aryl methyl sites for hydroxylation is 3. The zero-order valence-corrected chi connectivity index (χ0v) is 16.1. The molecule has 6 nitrogen and oxygen atoms in total. The quantitative estimate of drug-likeness (QED) is 0.538. The minimum absolute atomic E-state index is 0.695. The largest absolute Gasteiger partial charge is 0.383 e. The summed E-state index contributed by atoms with van der Waals surface area (Å²) in [5.41, 5.74) is 7.75. The molecule has 0 bridgehead atoms. The third kappa shape index (κ3) is 3.43. The van der Waals surface area contributed by atoms with Gasteiger partial charge in [-0.25, -0.2) is 9.97 Å². The Kier molecular flexibility index (Phi) is 5.15. The Morgan fingerprint density at radius 1 is 1.28 bits per heavy atom. The monoisotopic (exact) mass is 357 g/mol. The number of methoxy groups -OCH3 is 1. The van der Waals surface area contributed by atoms with Gasteiger partial charge in [0.1, 0.15) is 11.2 Å². The molecule has 0 unspecified atom stereocenters. The highest BCUT2D eigenvalue weighted by Crippen LogP contribution is 2.32. The van der Waals surface area contributed by atoms with Gasteiger partial charge < -0.3 is 9.30 Å². The number of fused-ring (bicyclic) bond motifs is 1. The van der Waals surface area contributed by atoms with E-state index in [1.54, 1.807) is 24.8 Å². The number of rotatable bonds is 6. The Bertz CT molecular complexity index is 925. The highest BCUT2D eigenvalue weighted by Gasteiger charge is 2.11. The molecule has 0 saturated carbocycles. The molecule has 0 aliphatic carbocycles. The Labute approximate surface area is 151 Å². The summed E-state index contributed by atoms with van der Waals surface area (Å²) in [5.74, 6) is 0.747. The van der Waals surface area contributed by atoms with Gasteiger partial charge in [-0.1, -0.05) is 0 Å². The molecule has 0 aliphatic heterocycles. The Hall–Kier alpha value is -2.25. The number of thiophene rings is 1. The van der Waals surface area contributed by atoms with Crippen LogP contribution in [0.25, 0.3) is 10.2 Å². The highest BCUT2D eigenvalue weighted by atomic mass is 32.1. The lowest BCUT2D eigenvalue weighted by Gasteiger charge is -2.08. The van der Waals surface area contributed by atoms with Crippen LogP contribution in [0.5, 0.6) is 0 Å². The summed E-state index contributed by atoms with van der Waals surface area (Å²) in [7, 11) is 1.72. The second-order valence-electron chi connectivity index (χ2n) is 6.03. The average molecular weight is 357 g/mol. The van der Waals surface area contributed by atoms with Gasteiger partial charge in [0, 0.05) is 35.5 Å². The molecule has 3 heterocycles. The summed E-state index contributed by atoms with van der Waals surface area (Å²) in [4.78, 5) is 10.9. The fraction of sp³-hybridized carbons (Fsp3) is 0.389. The van der Waals surface area contributed by atoms with Crippen molar-refractivity contribution >= 4 is 33.6 Å². The van der Waals surface area contributed by atoms with Gasteiger partial charge >= 0.3 is 0 Å². The molecule has 0 saturated heterocycles. The van der Waals surface area contributed by atoms with Crippen LogP contribution in [0.1, 0.15) is 27.4 Å². The lowest BCUT2D eigenvalue weighted by atomic mass is 10.2. The molecule has 7 heteroatoms. The van der Waals surface area contributed by atoms with Crippen LogP contribution in [0, 0.1) is 27.7 Å². The van der Waals surface area contributed by atoms with Crippen LogP contribution >= 0.6 is 11.3 Å². The van der Waals surface area contributed by atoms with E-state index in [-0.39, 0.29) is 0 Å². The molecule has 0 spiro atoms. The third-order valence-electron chi connectivity index (χ3n) is 4.47. The maximum Gasteiger partial charge on any atom is 0.158 e. The van der Waals surface area contributed by atoms with E-state index in [1.807, 2.05) is 6.21 Å². The molecule has 25 heavy (non-hydrogen) atoms. The molecule has 0 amide bonds. The Balaban J connectivity index is 1.83. The zero-order valence-electron chi connectivity index (χ0n) is 15.3. The predicted molar refractivity (Wildman–Crippen MR) is 104 cm³/mol. The first-order valence-electron chi connectivity index (χ1n) is 8.18. The number of nitrogens with one attached hydrogen (secondary N) is 1. The number of hydrogen-bond acceptors (Lipinski definition) is 6. The van der Waals surface area contributed by atoms with E-state index >= 15 is 0 Å². The van der Waals surface area contributed by atoms with Crippen molar-refractivity contribution in [1.29, 1.82) is 0 Å². The molecule has 0 fully saturated rings. The Morgan fingerprint density at radius 3 is 2.84 bits per heavy atom. The van der Waals surface area contributed by atoms with Crippen LogP contribution in [0.3, 0.4) is 0 Å². The summed E-state index contributed by atoms with van der Waals surface area (Å²) in [6.07, 6.45) is 3.42. The molecule has 0 radical (unpaired) electrons. The van der Waals surface area contributed by atoms with Crippen LogP contribution < -0.4 is 5.43 Å². The van der Waals surface area contributed by atoms with Crippen LogP contribution in [-0.2, 0) is 11.3 Å². The molecule has 0 atom stereocenters. The molecule has 0 aromatic carbocycles. The normalized spacial score (nSPS) is 11.7. The first-order chi connectivity index (χ1) is 12.0. The van der Waals surface area contributed by atoms with E-state index in [1.165, 1.54) is 21.8 Å². The fourth-order valence-electron chi connectivity index (χ4n) is 2.92. The number of aromatic nitrogens is 3. The molecule has 3 aromatic rings. The summed E-state index contributed by atoms with van der Waals surface area (Å²) < 4.78 is 7.41. The van der Waals surface area contributed by atoms with E-state index < -0.39 is 0 Å². The standard InChI is InChI=1S/C18H23N5OS/c1-11-8-15(13(3)23(11)6-7-24-5)9-21-22-17-16-12(2)14(4)25-18(16)20-10-19-17/h8-10H,6-7H2,1-5H3,(H,19,20,22)/b21-9-. The molecular formula is C18H23N5OS. The summed E-state index contributed by atoms with van der Waals surface area (Å²) in [5, 5.41) is 5.45. The van der Waals surface area contributed by atoms with E-state index in [4.69, 9.17) is 4.74 Å². The molecule has 3 rings (SSSR count). The predicted octanol–water partition coefficient (Wildman–Crippen LogP) is 3.82. The minimum atomic E-state index is 0.695. The summed E-state index contributed by atoms with van der Waals surface area (Å²) in [6, 6.07) is 2.13. The molecule has 1 N–H and O–H groups in total. The van der Waals surface area contributed by atoms with Gasteiger partial charge in [0.2, 0.25) is 0 Å². The van der Waals surface area contributed by atoms with Gasteiger partial charge in [0.15, 0.2) is 5.82 Å². The lowest BCUT2D eigenvalue weighted by molar-refractivity contribution is 0.186. The van der Waals surface area contributed by atoms with Crippen molar-refractivity contribution in [1.82, 2.24) is 14.5 Å². The minimum Gasteiger partial charge on any atom is -0.383 e. The smallest absolute Gasteiger partial charge is 0.158 e. The Morgan fingerprint density at radius 2 is 2.08 bits per heavy atom. The highest BCUT2D eigenvalue weighted by molar-refractivity contribution is 7.18. The van der Waals surface area contributed by atoms with Crippen LogP contribution in [0.2, 0.25) is 0 Å². The summed E-state index contributed by atoms with van der Waals surface area (Å²) >= 11 is 1.68. The van der Waals surface area contributed by atoms with E-state index in [2.05, 4.69) is 58.8 Å². The number of anilines is 1. The fourth-order valence-corrected chi connectivity index (χ4v) is 3.91. The maximum absolute atomic E-state index is 5.18. The van der Waals surface area contributed by atoms with Gasteiger partial charge in [-0.15, -0.1) is 11.3 Å². The van der Waals surface area contributed by atoms with Crippen LogP contribution in [0.15, 0.2) is 17.5 Å². The third-order valence-corrected chi connectivity index (χ3v) is 5.59. The van der Waals surface area contributed by atoms with Gasteiger partial charge in [-0.05, 0) is 39.3 Å². The topological polar surface area (TPSA) is 64.3 Å². The number of hydrazone groups is 1. The zero-order chi connectivity index (χ0) is 18.0. The number of ether oxygens (including phenoxy) is 1. The second-order valence-corrected chi connectivity index (χ2v) is 7.23. The van der Waals surface area contributed by atoms with Gasteiger partial charge in [0.05, 0.1) is 18.2 Å². The van der Waals surface area contributed by atoms with Gasteiger partial charge in [0.25, 0.3) is 0 Å². The first-order valence-corrected chi connectivity index (χ1v) is 9.00. The molecule has 132 valence electrons. The van der Waals surface area contributed by atoms with Crippen molar-refractivity contribution in [3.8, 4) is 0 Å². The number of nitrogens with zero attached hydrogens (tertiary/aromatic N) is 4. The maximum atomic E-state index is 5.18. The molecular weight excluding hydrogens is 334 g/mol. The number of hydrogen-bond donors (Lipinski definition) is 1. The van der Waals surface area contributed by atoms with Crippen molar-refractivity contribution in [2.45, 2.75) is 34.2 Å². The van der Waals surface area contributed by atoms with Crippen molar-refractivity contribution in [3.05, 3.63) is 39.8 Å². The van der Waals surface area contributed by atoms with Gasteiger partial charge in [-0.2, -0.15) is 5.10 Å². The van der Waals surface area contributed by atoms with Gasteiger partial charge in [-0.3, -0.25) is 5.43 Å². The lowest BCUT2D eigenvalue weighted by Crippen LogP contribution is -2.07. The van der Waals surface area contributed by atoms with E-state index in [0.29, 0.717) is 6.61 Å². The second kappa shape index (κ2) is 7.33. The average Bonchev–Trinajstić information content (AvgIpc) is 3.03. The van der Waals surface area contributed by atoms with Crippen molar-refractivity contribution in [2.75, 3.05) is 19.1 Å². The van der Waals surface area contributed by atoms with Crippen LogP contribution in [0.4, 0.5) is 5.82 Å². The van der Waals surface area contributed by atoms with E-state index in [0.717, 1.165) is 28.1 Å². The SMILES string of the molecule is COCCn1c(C)cc(/C=N\Nc2ncnc3sc(C)c(C)c23)c1C. The van der Waals surface area contributed by atoms with E-state index in [9.17, 15) is 0 Å². The molecule has 0 aliphatic rings. The first kappa shape index (κ1) is 17.6.